The van der Waals surface area contributed by atoms with E-state index in [0.717, 1.165) is 56.8 Å². The predicted molar refractivity (Wildman–Crippen MR) is 94.6 cm³/mol. The molecule has 130 valence electrons. The first-order valence-corrected chi connectivity index (χ1v) is 8.93. The second-order valence-electron chi connectivity index (χ2n) is 6.62. The van der Waals surface area contributed by atoms with Gasteiger partial charge in [0, 0.05) is 51.0 Å². The van der Waals surface area contributed by atoms with Crippen LogP contribution in [-0.2, 0) is 9.53 Å². The van der Waals surface area contributed by atoms with Gasteiger partial charge in [0.05, 0.1) is 5.69 Å². The van der Waals surface area contributed by atoms with E-state index in [-0.39, 0.29) is 11.8 Å². The van der Waals surface area contributed by atoms with E-state index >= 15 is 0 Å². The Bertz CT molecular complexity index is 594. The third kappa shape index (κ3) is 4.65. The largest absolute Gasteiger partial charge is 0.381 e. The Balaban J connectivity index is 1.41. The molecule has 5 nitrogen and oxygen atoms in total. The topological polar surface area (TPSA) is 54.5 Å². The highest BCUT2D eigenvalue weighted by molar-refractivity contribution is 5.78. The van der Waals surface area contributed by atoms with Crippen LogP contribution in [0.4, 0.5) is 0 Å². The lowest BCUT2D eigenvalue weighted by Crippen LogP contribution is -2.40. The normalized spacial score (nSPS) is 19.8. The van der Waals surface area contributed by atoms with Crippen LogP contribution in [0.5, 0.6) is 0 Å². The summed E-state index contributed by atoms with van der Waals surface area (Å²) in [6, 6.07) is 6.18. The van der Waals surface area contributed by atoms with Gasteiger partial charge in [-0.15, -0.1) is 0 Å². The number of aromatic nitrogens is 1. The molecule has 0 spiro atoms. The number of nitrogens with one attached hydrogen (secondary N) is 1. The van der Waals surface area contributed by atoms with E-state index in [4.69, 9.17) is 4.74 Å². The van der Waals surface area contributed by atoms with Crippen LogP contribution in [0.15, 0.2) is 24.3 Å². The first-order chi connectivity index (χ1) is 11.7. The summed E-state index contributed by atoms with van der Waals surface area (Å²) in [6.07, 6.45) is 4.99. The van der Waals surface area contributed by atoms with Crippen LogP contribution >= 0.6 is 0 Å². The van der Waals surface area contributed by atoms with Crippen molar-refractivity contribution in [3.05, 3.63) is 35.7 Å². The lowest BCUT2D eigenvalue weighted by Gasteiger charge is -2.27. The fourth-order valence-electron chi connectivity index (χ4n) is 3.31. The maximum Gasteiger partial charge on any atom is 0.223 e. The molecule has 0 saturated carbocycles. The van der Waals surface area contributed by atoms with Crippen LogP contribution in [0, 0.1) is 12.8 Å². The summed E-state index contributed by atoms with van der Waals surface area (Å²) >= 11 is 0. The van der Waals surface area contributed by atoms with E-state index in [0.29, 0.717) is 13.2 Å². The van der Waals surface area contributed by atoms with Crippen molar-refractivity contribution in [3.8, 4) is 0 Å². The quantitative estimate of drug-likeness (QED) is 0.898. The lowest BCUT2D eigenvalue weighted by atomic mass is 9.99. The van der Waals surface area contributed by atoms with Crippen LogP contribution in [0.3, 0.4) is 0 Å². The Labute approximate surface area is 144 Å². The number of amides is 1. The highest BCUT2D eigenvalue weighted by atomic mass is 16.5. The number of hydrogen-bond donors (Lipinski definition) is 1. The van der Waals surface area contributed by atoms with Crippen LogP contribution in [0.25, 0.3) is 5.57 Å². The molecule has 0 aromatic carbocycles. The number of pyridine rings is 1. The third-order valence-electron chi connectivity index (χ3n) is 4.83. The monoisotopic (exact) mass is 329 g/mol. The van der Waals surface area contributed by atoms with Crippen LogP contribution in [-0.4, -0.2) is 55.2 Å². The van der Waals surface area contributed by atoms with Gasteiger partial charge in [-0.25, -0.2) is 0 Å². The molecule has 1 amide bonds. The molecule has 0 unspecified atom stereocenters. The van der Waals surface area contributed by atoms with E-state index in [1.54, 1.807) is 0 Å². The number of nitrogens with zero attached hydrogens (tertiary/aromatic N) is 2. The van der Waals surface area contributed by atoms with E-state index in [9.17, 15) is 4.79 Å². The number of hydrogen-bond acceptors (Lipinski definition) is 4. The summed E-state index contributed by atoms with van der Waals surface area (Å²) in [7, 11) is 0. The number of carbonyl (C=O) groups excluding carboxylic acids is 1. The summed E-state index contributed by atoms with van der Waals surface area (Å²) in [6.45, 7) is 7.03. The molecule has 3 heterocycles. The number of aryl methyl sites for hydroxylation is 1. The molecule has 0 atom stereocenters. The van der Waals surface area contributed by atoms with E-state index < -0.39 is 0 Å². The molecule has 5 heteroatoms. The first kappa shape index (κ1) is 17.1. The van der Waals surface area contributed by atoms with Gasteiger partial charge in [-0.05, 0) is 43.9 Å². The summed E-state index contributed by atoms with van der Waals surface area (Å²) in [5.74, 6) is 0.328. The molecule has 2 aliphatic rings. The van der Waals surface area contributed by atoms with E-state index in [1.807, 2.05) is 13.0 Å². The van der Waals surface area contributed by atoms with Gasteiger partial charge in [-0.3, -0.25) is 14.7 Å². The number of carbonyl (C=O) groups is 1. The van der Waals surface area contributed by atoms with Crippen molar-refractivity contribution in [2.75, 3.05) is 39.4 Å². The van der Waals surface area contributed by atoms with Crippen molar-refractivity contribution in [3.63, 3.8) is 0 Å². The molecule has 0 radical (unpaired) electrons. The fourth-order valence-corrected chi connectivity index (χ4v) is 3.31. The Morgan fingerprint density at radius 1 is 1.38 bits per heavy atom. The minimum Gasteiger partial charge on any atom is -0.381 e. The van der Waals surface area contributed by atoms with E-state index in [2.05, 4.69) is 33.4 Å². The first-order valence-electron chi connectivity index (χ1n) is 8.93. The van der Waals surface area contributed by atoms with Crippen molar-refractivity contribution in [1.29, 1.82) is 0 Å². The highest BCUT2D eigenvalue weighted by Gasteiger charge is 2.21. The molecule has 3 rings (SSSR count). The molecular formula is C19H27N3O2. The molecular weight excluding hydrogens is 302 g/mol. The second kappa shape index (κ2) is 8.40. The summed E-state index contributed by atoms with van der Waals surface area (Å²) < 4.78 is 5.30. The number of ether oxygens (including phenoxy) is 1. The zero-order valence-electron chi connectivity index (χ0n) is 14.5. The summed E-state index contributed by atoms with van der Waals surface area (Å²) in [4.78, 5) is 19.1. The molecule has 24 heavy (non-hydrogen) atoms. The van der Waals surface area contributed by atoms with Gasteiger partial charge in [-0.1, -0.05) is 12.1 Å². The molecule has 1 fully saturated rings. The van der Waals surface area contributed by atoms with Crippen molar-refractivity contribution in [2.24, 2.45) is 5.92 Å². The van der Waals surface area contributed by atoms with E-state index in [1.165, 1.54) is 5.57 Å². The fraction of sp³-hybridized carbons (Fsp3) is 0.579. The van der Waals surface area contributed by atoms with Crippen molar-refractivity contribution in [2.45, 2.75) is 26.2 Å². The zero-order chi connectivity index (χ0) is 16.8. The smallest absolute Gasteiger partial charge is 0.223 e. The number of rotatable bonds is 5. The third-order valence-corrected chi connectivity index (χ3v) is 4.83. The van der Waals surface area contributed by atoms with Gasteiger partial charge in [0.1, 0.15) is 0 Å². The van der Waals surface area contributed by atoms with Crippen LogP contribution in [0.1, 0.15) is 30.7 Å². The second-order valence-corrected chi connectivity index (χ2v) is 6.62. The maximum absolute atomic E-state index is 12.1. The maximum atomic E-state index is 12.1. The Morgan fingerprint density at radius 2 is 2.21 bits per heavy atom. The average Bonchev–Trinajstić information content (AvgIpc) is 2.63. The minimum atomic E-state index is 0.138. The van der Waals surface area contributed by atoms with Crippen LogP contribution in [0.2, 0.25) is 0 Å². The molecule has 1 aromatic rings. The molecule has 1 aromatic heterocycles. The van der Waals surface area contributed by atoms with Gasteiger partial charge >= 0.3 is 0 Å². The molecule has 1 saturated heterocycles. The van der Waals surface area contributed by atoms with Gasteiger partial charge in [0.15, 0.2) is 0 Å². The van der Waals surface area contributed by atoms with Crippen molar-refractivity contribution >= 4 is 11.5 Å². The zero-order valence-corrected chi connectivity index (χ0v) is 14.5. The molecule has 0 bridgehead atoms. The van der Waals surface area contributed by atoms with Gasteiger partial charge in [-0.2, -0.15) is 0 Å². The lowest BCUT2D eigenvalue weighted by molar-refractivity contribution is -0.127. The molecule has 1 N–H and O–H groups in total. The summed E-state index contributed by atoms with van der Waals surface area (Å²) in [5.41, 5.74) is 3.50. The van der Waals surface area contributed by atoms with Crippen molar-refractivity contribution < 1.29 is 9.53 Å². The average molecular weight is 329 g/mol. The highest BCUT2D eigenvalue weighted by Crippen LogP contribution is 2.20. The van der Waals surface area contributed by atoms with Gasteiger partial charge in [0.25, 0.3) is 0 Å². The van der Waals surface area contributed by atoms with Gasteiger partial charge in [0.2, 0.25) is 5.91 Å². The van der Waals surface area contributed by atoms with Crippen molar-refractivity contribution in [1.82, 2.24) is 15.2 Å². The Kier molecular flexibility index (Phi) is 5.99. The minimum absolute atomic E-state index is 0.138. The molecule has 2 aliphatic heterocycles. The Hall–Kier alpha value is -1.72. The standard InChI is InChI=1S/C19H27N3O2/c1-15-3-2-4-18(21-15)16-5-10-22(11-6-16)12-9-20-19(23)17-7-13-24-14-8-17/h2-5,17H,6-14H2,1H3,(H,20,23). The predicted octanol–water partition coefficient (Wildman–Crippen LogP) is 2.02. The summed E-state index contributed by atoms with van der Waals surface area (Å²) in [5, 5.41) is 3.08. The Morgan fingerprint density at radius 3 is 2.92 bits per heavy atom. The SMILES string of the molecule is Cc1cccc(C2=CCN(CCNC(=O)C3CCOCC3)CC2)n1. The van der Waals surface area contributed by atoms with Gasteiger partial charge < -0.3 is 10.1 Å². The van der Waals surface area contributed by atoms with Crippen LogP contribution < -0.4 is 5.32 Å². The molecule has 0 aliphatic carbocycles.